The van der Waals surface area contributed by atoms with Crippen LogP contribution in [0.4, 0.5) is 0 Å². The molecular formula is C4H4Ge3O. The van der Waals surface area contributed by atoms with Crippen molar-refractivity contribution in [2.75, 3.05) is 0 Å². The second kappa shape index (κ2) is 7.91. The summed E-state index contributed by atoms with van der Waals surface area (Å²) in [5.74, 6) is 0. The van der Waals surface area contributed by atoms with Crippen LogP contribution >= 0.6 is 0 Å². The molecular weight excluding hydrogens is 282 g/mol. The molecule has 0 unspecified atom stereocenters. The van der Waals surface area contributed by atoms with Gasteiger partial charge in [0.05, 0.1) is 0 Å². The molecule has 4 radical (unpaired) electrons. The Morgan fingerprint density at radius 2 is 2.12 bits per heavy atom. The van der Waals surface area contributed by atoms with Crippen molar-refractivity contribution in [1.29, 1.82) is 0 Å². The monoisotopic (exact) mass is 290 g/mol. The fraction of sp³-hybridized carbons (Fsp3) is 0. The Balaban J connectivity index is 3.41. The van der Waals surface area contributed by atoms with Crippen LogP contribution in [0.1, 0.15) is 0 Å². The molecule has 0 aliphatic carbocycles. The van der Waals surface area contributed by atoms with Crippen molar-refractivity contribution in [1.82, 2.24) is 0 Å². The zero-order valence-corrected chi connectivity index (χ0v) is 10.5. The Hall–Kier alpha value is 0.909. The summed E-state index contributed by atoms with van der Waals surface area (Å²) in [7, 11) is 0. The molecule has 0 aromatic carbocycles. The van der Waals surface area contributed by atoms with Gasteiger partial charge in [0.2, 0.25) is 0 Å². The second-order valence-electron chi connectivity index (χ2n) is 0.932. The number of rotatable bonds is 3. The van der Waals surface area contributed by atoms with E-state index in [1.807, 2.05) is 27.0 Å². The Morgan fingerprint density at radius 3 is 2.62 bits per heavy atom. The first-order valence-corrected chi connectivity index (χ1v) is 12.2. The summed E-state index contributed by atoms with van der Waals surface area (Å²) in [6.07, 6.45) is 2.03. The molecule has 0 bridgehead atoms. The van der Waals surface area contributed by atoms with Gasteiger partial charge in [0.15, 0.2) is 0 Å². The van der Waals surface area contributed by atoms with Gasteiger partial charge in [-0.1, -0.05) is 0 Å². The number of carbonyl (C=O) groups is 1. The van der Waals surface area contributed by atoms with E-state index in [1.165, 1.54) is 0 Å². The van der Waals surface area contributed by atoms with Crippen LogP contribution in [0, 0.1) is 0 Å². The third-order valence-corrected chi connectivity index (χ3v) is 7.09. The third kappa shape index (κ3) is 6.91. The predicted molar refractivity (Wildman–Crippen MR) is 39.2 cm³/mol. The molecule has 0 fully saturated rings. The van der Waals surface area contributed by atoms with Gasteiger partial charge >= 0.3 is 67.7 Å². The predicted octanol–water partition coefficient (Wildman–Crippen LogP) is -1.02. The van der Waals surface area contributed by atoms with Crippen molar-refractivity contribution in [3.8, 4) is 0 Å². The van der Waals surface area contributed by atoms with Crippen LogP contribution < -0.4 is 0 Å². The molecule has 0 atom stereocenters. The summed E-state index contributed by atoms with van der Waals surface area (Å²) in [6, 6.07) is 0. The summed E-state index contributed by atoms with van der Waals surface area (Å²) in [4.78, 5) is 14.0. The van der Waals surface area contributed by atoms with Crippen LogP contribution in [-0.4, -0.2) is 51.9 Å². The van der Waals surface area contributed by atoms with Crippen molar-refractivity contribution in [3.63, 3.8) is 0 Å². The topological polar surface area (TPSA) is 17.1 Å². The summed E-state index contributed by atoms with van der Waals surface area (Å²) >= 11 is 1.88. The first kappa shape index (κ1) is 8.91. The number of hydrogen-bond acceptors (Lipinski definition) is 1. The van der Waals surface area contributed by atoms with Gasteiger partial charge in [-0.25, -0.2) is 0 Å². The molecule has 0 spiro atoms. The van der Waals surface area contributed by atoms with E-state index in [-0.39, 0.29) is 25.8 Å². The molecule has 0 N–H and O–H groups in total. The van der Waals surface area contributed by atoms with Crippen molar-refractivity contribution < 1.29 is 4.79 Å². The molecule has 38 valence electrons. The molecule has 0 rings (SSSR count). The molecule has 0 amide bonds. The zero-order chi connectivity index (χ0) is 6.24. The normalized spacial score (nSPS) is 10.5. The fourth-order valence-corrected chi connectivity index (χ4v) is 4.82. The van der Waals surface area contributed by atoms with Crippen LogP contribution in [0.3, 0.4) is 0 Å². The maximum absolute atomic E-state index is 9.81. The molecule has 8 heavy (non-hydrogen) atoms. The first-order valence-electron chi connectivity index (χ1n) is 2.02. The molecule has 0 aliphatic heterocycles. The van der Waals surface area contributed by atoms with Crippen LogP contribution in [0.15, 0.2) is 11.0 Å². The summed E-state index contributed by atoms with van der Waals surface area (Å²) in [5, 5.41) is 1.11. The zero-order valence-electron chi connectivity index (χ0n) is 4.22. The van der Waals surface area contributed by atoms with Gasteiger partial charge in [-0.3, -0.25) is 0 Å². The number of carbonyl (C=O) groups excluding carboxylic acids is 1. The van der Waals surface area contributed by atoms with E-state index >= 15 is 0 Å². The Morgan fingerprint density at radius 1 is 1.38 bits per heavy atom. The van der Waals surface area contributed by atoms with Gasteiger partial charge < -0.3 is 0 Å². The molecule has 0 aromatic heterocycles. The van der Waals surface area contributed by atoms with E-state index in [1.54, 1.807) is 0 Å². The standard InChI is InChI=1S/C4H4Ge3O/c5-2-1-3-6-7-4-8/h1-4H/b3-1-,7-6?. The van der Waals surface area contributed by atoms with Crippen molar-refractivity contribution in [2.45, 2.75) is 0 Å². The maximum atomic E-state index is 9.81. The van der Waals surface area contributed by atoms with Gasteiger partial charge in [-0.05, 0) is 0 Å². The molecule has 0 saturated heterocycles. The molecule has 0 aliphatic rings. The molecule has 1 nitrogen and oxygen atoms in total. The van der Waals surface area contributed by atoms with Gasteiger partial charge in [0, 0.05) is 0 Å². The van der Waals surface area contributed by atoms with Crippen molar-refractivity contribution in [2.24, 2.45) is 0 Å². The SMILES string of the molecule is O=[CH][Ge]=[Ge]/[CH]=C\[CH]=[Ge]. The van der Waals surface area contributed by atoms with E-state index in [0.717, 1.165) is 5.12 Å². The van der Waals surface area contributed by atoms with E-state index in [0.29, 0.717) is 0 Å². The van der Waals surface area contributed by atoms with Crippen LogP contribution in [0.25, 0.3) is 0 Å². The average Bonchev–Trinajstić information content (AvgIpc) is 1.81. The van der Waals surface area contributed by atoms with E-state index < -0.39 is 0 Å². The quantitative estimate of drug-likeness (QED) is 0.480. The minimum atomic E-state index is -0.158. The van der Waals surface area contributed by atoms with Gasteiger partial charge in [0.25, 0.3) is 0 Å². The van der Waals surface area contributed by atoms with Crippen LogP contribution in [-0.2, 0) is 4.79 Å². The van der Waals surface area contributed by atoms with Crippen LogP contribution in [0.2, 0.25) is 0 Å². The number of hydrogen-bond donors (Lipinski definition) is 0. The Bertz CT molecular complexity index is 111. The molecule has 0 heterocycles. The average molecular weight is 286 g/mol. The fourth-order valence-electron chi connectivity index (χ4n) is 0.178. The summed E-state index contributed by atoms with van der Waals surface area (Å²) in [5.41, 5.74) is 0. The Kier molecular flexibility index (Phi) is 8.81. The minimum absolute atomic E-state index is 0.0503. The van der Waals surface area contributed by atoms with Crippen LogP contribution in [0.5, 0.6) is 0 Å². The number of allylic oxidation sites excluding steroid dienone is 1. The van der Waals surface area contributed by atoms with Crippen molar-refractivity contribution in [3.05, 3.63) is 11.0 Å². The molecule has 0 aromatic rings. The Labute approximate surface area is 67.3 Å². The van der Waals surface area contributed by atoms with Gasteiger partial charge in [-0.2, -0.15) is 0 Å². The van der Waals surface area contributed by atoms with Gasteiger partial charge in [0.1, 0.15) is 0 Å². The second-order valence-corrected chi connectivity index (χ2v) is 10.3. The summed E-state index contributed by atoms with van der Waals surface area (Å²) < 4.78 is 0. The summed E-state index contributed by atoms with van der Waals surface area (Å²) in [6.45, 7) is 0. The van der Waals surface area contributed by atoms with E-state index in [4.69, 9.17) is 0 Å². The first-order chi connectivity index (χ1) is 3.91. The van der Waals surface area contributed by atoms with E-state index in [9.17, 15) is 4.79 Å². The molecule has 0 saturated carbocycles. The van der Waals surface area contributed by atoms with Crippen molar-refractivity contribution >= 4 is 51.9 Å². The third-order valence-electron chi connectivity index (χ3n) is 0.418. The molecule has 4 heteroatoms. The van der Waals surface area contributed by atoms with E-state index in [2.05, 4.69) is 4.91 Å². The van der Waals surface area contributed by atoms with Gasteiger partial charge in [-0.15, -0.1) is 0 Å².